The van der Waals surface area contributed by atoms with Crippen LogP contribution in [0.2, 0.25) is 0 Å². The fraction of sp³-hybridized carbons (Fsp3) is 0.0625. The number of halogens is 3. The van der Waals surface area contributed by atoms with Crippen LogP contribution in [-0.2, 0) is 6.18 Å². The summed E-state index contributed by atoms with van der Waals surface area (Å²) in [6.07, 6.45) is 4.19. The van der Waals surface area contributed by atoms with Crippen LogP contribution in [0.25, 0.3) is 22.2 Å². The molecule has 0 bridgehead atoms. The van der Waals surface area contributed by atoms with E-state index in [1.165, 1.54) is 6.07 Å². The molecule has 1 N–H and O–H groups in total. The summed E-state index contributed by atoms with van der Waals surface area (Å²) in [7, 11) is 0. The third-order valence-corrected chi connectivity index (χ3v) is 3.21. The molecule has 0 aliphatic heterocycles. The molecule has 3 rings (SSSR count). The van der Waals surface area contributed by atoms with Gasteiger partial charge in [0.25, 0.3) is 0 Å². The molecule has 0 saturated heterocycles. The quantitative estimate of drug-likeness (QED) is 0.666. The van der Waals surface area contributed by atoms with Gasteiger partial charge in [0.05, 0.1) is 11.1 Å². The van der Waals surface area contributed by atoms with Crippen LogP contribution in [0.5, 0.6) is 0 Å². The van der Waals surface area contributed by atoms with Crippen LogP contribution < -0.4 is 0 Å². The fourth-order valence-electron chi connectivity index (χ4n) is 2.20. The SMILES string of the molecule is C#Cc1cnccc1-c1cc2cc(C(F)(F)F)ccc2[nH]1. The third kappa shape index (κ3) is 2.36. The van der Waals surface area contributed by atoms with E-state index in [1.807, 2.05) is 0 Å². The van der Waals surface area contributed by atoms with Gasteiger partial charge in [-0.3, -0.25) is 4.98 Å². The topological polar surface area (TPSA) is 28.7 Å². The lowest BCUT2D eigenvalue weighted by Gasteiger charge is -2.05. The Morgan fingerprint density at radius 3 is 2.67 bits per heavy atom. The number of fused-ring (bicyclic) bond motifs is 1. The summed E-state index contributed by atoms with van der Waals surface area (Å²) < 4.78 is 38.2. The van der Waals surface area contributed by atoms with Crippen molar-refractivity contribution in [1.29, 1.82) is 0 Å². The Morgan fingerprint density at radius 1 is 1.14 bits per heavy atom. The Hall–Kier alpha value is -2.74. The number of terminal acetylenes is 1. The number of aromatic nitrogens is 2. The highest BCUT2D eigenvalue weighted by Gasteiger charge is 2.30. The third-order valence-electron chi connectivity index (χ3n) is 3.21. The van der Waals surface area contributed by atoms with E-state index in [4.69, 9.17) is 6.42 Å². The van der Waals surface area contributed by atoms with Crippen LogP contribution in [0.1, 0.15) is 11.1 Å². The van der Waals surface area contributed by atoms with Crippen LogP contribution >= 0.6 is 0 Å². The van der Waals surface area contributed by atoms with Crippen molar-refractivity contribution >= 4 is 10.9 Å². The second-order valence-corrected chi connectivity index (χ2v) is 4.55. The van der Waals surface area contributed by atoms with E-state index in [0.29, 0.717) is 22.2 Å². The van der Waals surface area contributed by atoms with Gasteiger partial charge in [-0.1, -0.05) is 5.92 Å². The summed E-state index contributed by atoms with van der Waals surface area (Å²) in [4.78, 5) is 7.01. The first-order valence-corrected chi connectivity index (χ1v) is 6.10. The van der Waals surface area contributed by atoms with Crippen molar-refractivity contribution in [1.82, 2.24) is 9.97 Å². The summed E-state index contributed by atoms with van der Waals surface area (Å²) in [5, 5.41) is 0.486. The molecule has 21 heavy (non-hydrogen) atoms. The molecular formula is C16H9F3N2. The van der Waals surface area contributed by atoms with Crippen molar-refractivity contribution in [3.63, 3.8) is 0 Å². The molecule has 0 amide bonds. The number of hydrogen-bond acceptors (Lipinski definition) is 1. The molecule has 1 aromatic carbocycles. The van der Waals surface area contributed by atoms with Crippen LogP contribution in [0.3, 0.4) is 0 Å². The van der Waals surface area contributed by atoms with Gasteiger partial charge in [0.1, 0.15) is 0 Å². The molecule has 0 aliphatic carbocycles. The number of pyridine rings is 1. The van der Waals surface area contributed by atoms with Crippen LogP contribution in [0.4, 0.5) is 13.2 Å². The van der Waals surface area contributed by atoms with Crippen molar-refractivity contribution < 1.29 is 13.2 Å². The van der Waals surface area contributed by atoms with Gasteiger partial charge in [0.15, 0.2) is 0 Å². The van der Waals surface area contributed by atoms with Crippen LogP contribution in [-0.4, -0.2) is 9.97 Å². The number of nitrogens with zero attached hydrogens (tertiary/aromatic N) is 1. The smallest absolute Gasteiger partial charge is 0.354 e. The zero-order chi connectivity index (χ0) is 15.0. The normalized spacial score (nSPS) is 11.5. The number of benzene rings is 1. The van der Waals surface area contributed by atoms with Gasteiger partial charge in [-0.15, -0.1) is 6.42 Å². The molecule has 0 aliphatic rings. The van der Waals surface area contributed by atoms with Gasteiger partial charge in [-0.05, 0) is 30.3 Å². The van der Waals surface area contributed by atoms with Crippen molar-refractivity contribution in [2.24, 2.45) is 0 Å². The predicted molar refractivity (Wildman–Crippen MR) is 74.5 cm³/mol. The Kier molecular flexibility index (Phi) is 2.95. The molecule has 2 nitrogen and oxygen atoms in total. The minimum atomic E-state index is -4.35. The van der Waals surface area contributed by atoms with Gasteiger partial charge in [-0.25, -0.2) is 0 Å². The second-order valence-electron chi connectivity index (χ2n) is 4.55. The number of H-pyrrole nitrogens is 1. The highest BCUT2D eigenvalue weighted by Crippen LogP contribution is 2.33. The molecular weight excluding hydrogens is 277 g/mol. The van der Waals surface area contributed by atoms with Gasteiger partial charge in [0, 0.05) is 34.6 Å². The molecule has 5 heteroatoms. The van der Waals surface area contributed by atoms with E-state index in [9.17, 15) is 13.2 Å². The Labute approximate surface area is 118 Å². The van der Waals surface area contributed by atoms with Gasteiger partial charge in [-0.2, -0.15) is 13.2 Å². The van der Waals surface area contributed by atoms with Crippen molar-refractivity contribution in [2.75, 3.05) is 0 Å². The number of hydrogen-bond donors (Lipinski definition) is 1. The first kappa shape index (κ1) is 13.3. The first-order chi connectivity index (χ1) is 9.99. The standard InChI is InChI=1S/C16H9F3N2/c1-2-10-9-20-6-5-13(10)15-8-11-7-12(16(17,18)19)3-4-14(11)21-15/h1,3-9,21H. The molecule has 0 spiro atoms. The predicted octanol–water partition coefficient (Wildman–Crippen LogP) is 4.23. The molecule has 0 saturated carbocycles. The molecule has 0 radical (unpaired) electrons. The molecule has 0 atom stereocenters. The Balaban J connectivity index is 2.16. The molecule has 104 valence electrons. The van der Waals surface area contributed by atoms with E-state index in [0.717, 1.165) is 17.7 Å². The van der Waals surface area contributed by atoms with E-state index in [-0.39, 0.29) is 0 Å². The zero-order valence-electron chi connectivity index (χ0n) is 10.7. The van der Waals surface area contributed by atoms with Gasteiger partial charge in [0.2, 0.25) is 0 Å². The maximum absolute atomic E-state index is 12.7. The monoisotopic (exact) mass is 286 g/mol. The van der Waals surface area contributed by atoms with E-state index in [2.05, 4.69) is 15.9 Å². The highest BCUT2D eigenvalue weighted by atomic mass is 19.4. The fourth-order valence-corrected chi connectivity index (χ4v) is 2.20. The summed E-state index contributed by atoms with van der Waals surface area (Å²) >= 11 is 0. The zero-order valence-corrected chi connectivity index (χ0v) is 10.7. The average molecular weight is 286 g/mol. The van der Waals surface area contributed by atoms with Gasteiger partial charge < -0.3 is 4.98 Å². The molecule has 0 fully saturated rings. The number of rotatable bonds is 1. The Bertz CT molecular complexity index is 854. The van der Waals surface area contributed by atoms with Crippen molar-refractivity contribution in [2.45, 2.75) is 6.18 Å². The Morgan fingerprint density at radius 2 is 1.95 bits per heavy atom. The maximum Gasteiger partial charge on any atom is 0.416 e. The summed E-state index contributed by atoms with van der Waals surface area (Å²) in [5.74, 6) is 2.51. The van der Waals surface area contributed by atoms with Crippen LogP contribution in [0.15, 0.2) is 42.7 Å². The summed E-state index contributed by atoms with van der Waals surface area (Å²) in [6.45, 7) is 0. The maximum atomic E-state index is 12.7. The lowest BCUT2D eigenvalue weighted by atomic mass is 10.1. The average Bonchev–Trinajstić information content (AvgIpc) is 2.89. The summed E-state index contributed by atoms with van der Waals surface area (Å²) in [6, 6.07) is 6.97. The molecule has 0 unspecified atom stereocenters. The van der Waals surface area contributed by atoms with E-state index < -0.39 is 11.7 Å². The second kappa shape index (κ2) is 4.67. The minimum Gasteiger partial charge on any atom is -0.354 e. The van der Waals surface area contributed by atoms with E-state index in [1.54, 1.807) is 24.5 Å². The van der Waals surface area contributed by atoms with Crippen LogP contribution in [0, 0.1) is 12.3 Å². The highest BCUT2D eigenvalue weighted by molar-refractivity contribution is 5.87. The number of alkyl halides is 3. The molecule has 3 aromatic rings. The minimum absolute atomic E-state index is 0.486. The lowest BCUT2D eigenvalue weighted by molar-refractivity contribution is -0.137. The largest absolute Gasteiger partial charge is 0.416 e. The van der Waals surface area contributed by atoms with Crippen molar-refractivity contribution in [3.8, 4) is 23.6 Å². The number of nitrogens with one attached hydrogen (secondary N) is 1. The molecule has 2 heterocycles. The van der Waals surface area contributed by atoms with E-state index >= 15 is 0 Å². The first-order valence-electron chi connectivity index (χ1n) is 6.10. The molecule has 2 aromatic heterocycles. The van der Waals surface area contributed by atoms with Crippen molar-refractivity contribution in [3.05, 3.63) is 53.9 Å². The van der Waals surface area contributed by atoms with Gasteiger partial charge >= 0.3 is 6.18 Å². The summed E-state index contributed by atoms with van der Waals surface area (Å²) in [5.41, 5.74) is 1.93. The number of aromatic amines is 1. The lowest BCUT2D eigenvalue weighted by Crippen LogP contribution is -2.03.